The molecule has 1 spiro atoms. The molecule has 2 nitrogen and oxygen atoms in total. The third-order valence-corrected chi connectivity index (χ3v) is 3.63. The first-order chi connectivity index (χ1) is 5.72. The van der Waals surface area contributed by atoms with Crippen LogP contribution >= 0.6 is 0 Å². The zero-order valence-electron chi connectivity index (χ0n) is 7.51. The zero-order chi connectivity index (χ0) is 8.60. The van der Waals surface area contributed by atoms with Gasteiger partial charge in [0.2, 0.25) is 0 Å². The van der Waals surface area contributed by atoms with Crippen molar-refractivity contribution in [1.29, 1.82) is 0 Å². The highest BCUT2D eigenvalue weighted by Gasteiger charge is 2.40. The highest BCUT2D eigenvalue weighted by Crippen LogP contribution is 2.47. The van der Waals surface area contributed by atoms with E-state index in [1.165, 1.54) is 25.7 Å². The molecule has 0 heterocycles. The molecule has 2 aliphatic rings. The Morgan fingerprint density at radius 3 is 2.50 bits per heavy atom. The van der Waals surface area contributed by atoms with Gasteiger partial charge in [0.25, 0.3) is 0 Å². The van der Waals surface area contributed by atoms with Crippen LogP contribution in [0.15, 0.2) is 0 Å². The molecule has 0 saturated heterocycles. The monoisotopic (exact) mass is 167 g/mol. The van der Waals surface area contributed by atoms with E-state index in [0.717, 1.165) is 19.3 Å². The van der Waals surface area contributed by atoms with Gasteiger partial charge in [0.1, 0.15) is 5.78 Å². The third kappa shape index (κ3) is 1.28. The molecule has 2 heteroatoms. The minimum atomic E-state index is -0.142. The van der Waals surface area contributed by atoms with E-state index >= 15 is 0 Å². The van der Waals surface area contributed by atoms with Crippen molar-refractivity contribution in [2.45, 2.75) is 51.0 Å². The minimum absolute atomic E-state index is 0.142. The van der Waals surface area contributed by atoms with Gasteiger partial charge < -0.3 is 5.73 Å². The van der Waals surface area contributed by atoms with Crippen molar-refractivity contribution in [1.82, 2.24) is 0 Å². The predicted molar refractivity (Wildman–Crippen MR) is 47.7 cm³/mol. The van der Waals surface area contributed by atoms with Gasteiger partial charge in [-0.05, 0) is 31.1 Å². The standard InChI is InChI=1S/C10H17NO/c11-8-7-10(4-1-2-5-10)6-3-9(8)12/h8H,1-7,11H2/t8-/m1/s1. The summed E-state index contributed by atoms with van der Waals surface area (Å²) in [6.07, 6.45) is 8.14. The molecule has 0 aromatic rings. The summed E-state index contributed by atoms with van der Waals surface area (Å²) in [6, 6.07) is -0.142. The normalized spacial score (nSPS) is 34.4. The van der Waals surface area contributed by atoms with Gasteiger partial charge in [0.15, 0.2) is 0 Å². The maximum atomic E-state index is 11.2. The second-order valence-corrected chi connectivity index (χ2v) is 4.48. The van der Waals surface area contributed by atoms with Crippen molar-refractivity contribution in [3.63, 3.8) is 0 Å². The van der Waals surface area contributed by atoms with Gasteiger partial charge in [-0.1, -0.05) is 12.8 Å². The first-order valence-corrected chi connectivity index (χ1v) is 5.00. The third-order valence-electron chi connectivity index (χ3n) is 3.63. The number of hydrogen-bond acceptors (Lipinski definition) is 2. The Kier molecular flexibility index (Phi) is 1.95. The highest BCUT2D eigenvalue weighted by molar-refractivity contribution is 5.84. The molecule has 0 unspecified atom stereocenters. The van der Waals surface area contributed by atoms with Crippen molar-refractivity contribution in [2.75, 3.05) is 0 Å². The van der Waals surface area contributed by atoms with Crippen LogP contribution in [0.3, 0.4) is 0 Å². The van der Waals surface area contributed by atoms with Gasteiger partial charge in [-0.15, -0.1) is 0 Å². The summed E-state index contributed by atoms with van der Waals surface area (Å²) >= 11 is 0. The van der Waals surface area contributed by atoms with Crippen molar-refractivity contribution < 1.29 is 4.79 Å². The summed E-state index contributed by atoms with van der Waals surface area (Å²) in [6.45, 7) is 0. The molecule has 0 aromatic carbocycles. The van der Waals surface area contributed by atoms with Gasteiger partial charge in [-0.25, -0.2) is 0 Å². The fourth-order valence-corrected chi connectivity index (χ4v) is 2.84. The van der Waals surface area contributed by atoms with E-state index < -0.39 is 0 Å². The smallest absolute Gasteiger partial charge is 0.149 e. The SMILES string of the molecule is N[C@@H]1CC2(CCCC2)CCC1=O. The number of Topliss-reactive ketones (excluding diaryl/α,β-unsaturated/α-hetero) is 1. The molecule has 0 radical (unpaired) electrons. The fourth-order valence-electron chi connectivity index (χ4n) is 2.84. The topological polar surface area (TPSA) is 43.1 Å². The summed E-state index contributed by atoms with van der Waals surface area (Å²) in [4.78, 5) is 11.2. The molecule has 0 aliphatic heterocycles. The Labute approximate surface area is 73.5 Å². The van der Waals surface area contributed by atoms with Gasteiger partial charge in [-0.2, -0.15) is 0 Å². The average Bonchev–Trinajstić information content (AvgIpc) is 2.47. The van der Waals surface area contributed by atoms with Crippen LogP contribution in [-0.4, -0.2) is 11.8 Å². The van der Waals surface area contributed by atoms with Crippen LogP contribution in [0.25, 0.3) is 0 Å². The molecular formula is C10H17NO. The molecule has 0 amide bonds. The van der Waals surface area contributed by atoms with E-state index in [1.54, 1.807) is 0 Å². The minimum Gasteiger partial charge on any atom is -0.321 e. The van der Waals surface area contributed by atoms with Gasteiger partial charge >= 0.3 is 0 Å². The zero-order valence-corrected chi connectivity index (χ0v) is 7.51. The number of ketones is 1. The largest absolute Gasteiger partial charge is 0.321 e. The van der Waals surface area contributed by atoms with Gasteiger partial charge in [0, 0.05) is 6.42 Å². The van der Waals surface area contributed by atoms with Crippen LogP contribution < -0.4 is 5.73 Å². The summed E-state index contributed by atoms with van der Waals surface area (Å²) in [5.74, 6) is 0.285. The Morgan fingerprint density at radius 1 is 1.25 bits per heavy atom. The summed E-state index contributed by atoms with van der Waals surface area (Å²) in [5.41, 5.74) is 6.26. The first-order valence-electron chi connectivity index (χ1n) is 5.00. The lowest BCUT2D eigenvalue weighted by Crippen LogP contribution is -2.41. The van der Waals surface area contributed by atoms with E-state index in [4.69, 9.17) is 5.73 Å². The number of rotatable bonds is 0. The Hall–Kier alpha value is -0.370. The van der Waals surface area contributed by atoms with Crippen LogP contribution in [-0.2, 0) is 4.79 Å². The quantitative estimate of drug-likeness (QED) is 0.596. The van der Waals surface area contributed by atoms with Gasteiger partial charge in [-0.3, -0.25) is 4.79 Å². The van der Waals surface area contributed by atoms with Crippen molar-refractivity contribution in [2.24, 2.45) is 11.1 Å². The molecule has 2 fully saturated rings. The lowest BCUT2D eigenvalue weighted by atomic mass is 9.71. The van der Waals surface area contributed by atoms with Crippen LogP contribution in [0, 0.1) is 5.41 Å². The lowest BCUT2D eigenvalue weighted by Gasteiger charge is -2.35. The number of hydrogen-bond donors (Lipinski definition) is 1. The molecule has 2 N–H and O–H groups in total. The molecule has 12 heavy (non-hydrogen) atoms. The fraction of sp³-hybridized carbons (Fsp3) is 0.900. The summed E-state index contributed by atoms with van der Waals surface area (Å²) in [7, 11) is 0. The van der Waals surface area contributed by atoms with Crippen LogP contribution in [0.2, 0.25) is 0 Å². The van der Waals surface area contributed by atoms with Gasteiger partial charge in [0.05, 0.1) is 6.04 Å². The predicted octanol–water partition coefficient (Wildman–Crippen LogP) is 1.63. The summed E-state index contributed by atoms with van der Waals surface area (Å²) < 4.78 is 0. The van der Waals surface area contributed by atoms with Crippen molar-refractivity contribution in [3.05, 3.63) is 0 Å². The Morgan fingerprint density at radius 2 is 1.92 bits per heavy atom. The Balaban J connectivity index is 2.05. The van der Waals surface area contributed by atoms with E-state index in [-0.39, 0.29) is 11.8 Å². The second-order valence-electron chi connectivity index (χ2n) is 4.48. The molecule has 2 saturated carbocycles. The molecule has 0 aromatic heterocycles. The van der Waals surface area contributed by atoms with E-state index in [1.807, 2.05) is 0 Å². The average molecular weight is 167 g/mol. The van der Waals surface area contributed by atoms with Crippen LogP contribution in [0.1, 0.15) is 44.9 Å². The van der Waals surface area contributed by atoms with Crippen LogP contribution in [0.5, 0.6) is 0 Å². The number of carbonyl (C=O) groups is 1. The molecule has 2 rings (SSSR count). The molecule has 68 valence electrons. The van der Waals surface area contributed by atoms with Crippen molar-refractivity contribution >= 4 is 5.78 Å². The first kappa shape index (κ1) is 8.24. The lowest BCUT2D eigenvalue weighted by molar-refractivity contribution is -0.124. The van der Waals surface area contributed by atoms with Crippen LogP contribution in [0.4, 0.5) is 0 Å². The van der Waals surface area contributed by atoms with E-state index in [2.05, 4.69) is 0 Å². The van der Waals surface area contributed by atoms with Crippen molar-refractivity contribution in [3.8, 4) is 0 Å². The number of carbonyl (C=O) groups excluding carboxylic acids is 1. The molecule has 2 aliphatic carbocycles. The van der Waals surface area contributed by atoms with E-state index in [0.29, 0.717) is 5.41 Å². The molecule has 0 bridgehead atoms. The maximum absolute atomic E-state index is 11.2. The molecular weight excluding hydrogens is 150 g/mol. The highest BCUT2D eigenvalue weighted by atomic mass is 16.1. The Bertz CT molecular complexity index is 194. The van der Waals surface area contributed by atoms with E-state index in [9.17, 15) is 4.79 Å². The number of nitrogens with two attached hydrogens (primary N) is 1. The second kappa shape index (κ2) is 2.84. The maximum Gasteiger partial charge on any atom is 0.149 e. The molecule has 1 atom stereocenters. The summed E-state index contributed by atoms with van der Waals surface area (Å²) in [5, 5.41) is 0.